The molecule has 2 aromatic rings. The summed E-state index contributed by atoms with van der Waals surface area (Å²) in [5, 5.41) is 4.84. The molecule has 0 saturated heterocycles. The topological polar surface area (TPSA) is 67.4 Å². The number of methoxy groups -OCH3 is 1. The van der Waals surface area contributed by atoms with Crippen LogP contribution in [0.15, 0.2) is 34.5 Å². The smallest absolute Gasteiger partial charge is 0.263 e. The van der Waals surface area contributed by atoms with Gasteiger partial charge in [0.15, 0.2) is 0 Å². The van der Waals surface area contributed by atoms with Gasteiger partial charge in [0.05, 0.1) is 12.8 Å². The van der Waals surface area contributed by atoms with Gasteiger partial charge in [0.1, 0.15) is 10.6 Å². The molecular formula is C14H18N2O3S2. The van der Waals surface area contributed by atoms with Gasteiger partial charge in [-0.3, -0.25) is 4.72 Å². The first-order chi connectivity index (χ1) is 9.97. The quantitative estimate of drug-likeness (QED) is 0.856. The van der Waals surface area contributed by atoms with Crippen molar-refractivity contribution in [1.82, 2.24) is 5.32 Å². The Kier molecular flexibility index (Phi) is 4.87. The van der Waals surface area contributed by atoms with Crippen LogP contribution in [0.2, 0.25) is 0 Å². The zero-order chi connectivity index (χ0) is 15.5. The van der Waals surface area contributed by atoms with Gasteiger partial charge in [0.2, 0.25) is 0 Å². The van der Waals surface area contributed by atoms with Crippen molar-refractivity contribution in [3.8, 4) is 5.75 Å². The van der Waals surface area contributed by atoms with Crippen molar-refractivity contribution in [3.63, 3.8) is 0 Å². The van der Waals surface area contributed by atoms with E-state index in [0.29, 0.717) is 22.9 Å². The van der Waals surface area contributed by atoms with Crippen LogP contribution in [0.4, 0.5) is 5.69 Å². The minimum absolute atomic E-state index is 0.352. The van der Waals surface area contributed by atoms with Crippen LogP contribution in [0.1, 0.15) is 10.4 Å². The van der Waals surface area contributed by atoms with E-state index in [1.165, 1.54) is 11.3 Å². The molecular weight excluding hydrogens is 308 g/mol. The van der Waals surface area contributed by atoms with E-state index in [2.05, 4.69) is 10.0 Å². The Hall–Kier alpha value is -1.57. The molecule has 2 N–H and O–H groups in total. The lowest BCUT2D eigenvalue weighted by molar-refractivity contribution is 0.415. The third-order valence-corrected chi connectivity index (χ3v) is 5.76. The summed E-state index contributed by atoms with van der Waals surface area (Å²) < 4.78 is 32.9. The van der Waals surface area contributed by atoms with Crippen molar-refractivity contribution >= 4 is 27.0 Å². The Morgan fingerprint density at radius 2 is 2.10 bits per heavy atom. The molecule has 7 heteroatoms. The summed E-state index contributed by atoms with van der Waals surface area (Å²) in [6.45, 7) is 2.32. The molecule has 2 rings (SSSR count). The summed E-state index contributed by atoms with van der Waals surface area (Å²) in [4.78, 5) is 1.15. The van der Waals surface area contributed by atoms with E-state index in [1.54, 1.807) is 45.3 Å². The Labute approximate surface area is 129 Å². The van der Waals surface area contributed by atoms with Crippen LogP contribution in [0, 0.1) is 6.92 Å². The summed E-state index contributed by atoms with van der Waals surface area (Å²) >= 11 is 1.44. The van der Waals surface area contributed by atoms with Crippen molar-refractivity contribution in [3.05, 3.63) is 40.1 Å². The fraction of sp³-hybridized carbons (Fsp3) is 0.286. The van der Waals surface area contributed by atoms with Crippen LogP contribution in [-0.2, 0) is 16.6 Å². The average molecular weight is 326 g/mol. The second-order valence-electron chi connectivity index (χ2n) is 4.54. The molecule has 21 heavy (non-hydrogen) atoms. The van der Waals surface area contributed by atoms with Crippen molar-refractivity contribution in [1.29, 1.82) is 0 Å². The SMILES string of the molecule is CNCc1scc(C)c1S(=O)(=O)Nc1cccc(OC)c1. The highest BCUT2D eigenvalue weighted by molar-refractivity contribution is 7.93. The van der Waals surface area contributed by atoms with Crippen LogP contribution >= 0.6 is 11.3 Å². The number of sulfonamides is 1. The van der Waals surface area contributed by atoms with E-state index < -0.39 is 10.0 Å². The number of rotatable bonds is 6. The van der Waals surface area contributed by atoms with E-state index in [9.17, 15) is 8.42 Å². The maximum atomic E-state index is 12.6. The van der Waals surface area contributed by atoms with E-state index in [0.717, 1.165) is 10.4 Å². The van der Waals surface area contributed by atoms with Crippen molar-refractivity contribution in [2.24, 2.45) is 0 Å². The molecule has 0 aliphatic carbocycles. The number of hydrogen-bond acceptors (Lipinski definition) is 5. The van der Waals surface area contributed by atoms with Gasteiger partial charge in [-0.15, -0.1) is 11.3 Å². The molecule has 5 nitrogen and oxygen atoms in total. The van der Waals surface area contributed by atoms with Gasteiger partial charge in [0.25, 0.3) is 10.0 Å². The number of ether oxygens (including phenoxy) is 1. The molecule has 0 bridgehead atoms. The van der Waals surface area contributed by atoms with Gasteiger partial charge >= 0.3 is 0 Å². The fourth-order valence-electron chi connectivity index (χ4n) is 2.02. The van der Waals surface area contributed by atoms with Crippen molar-refractivity contribution < 1.29 is 13.2 Å². The first-order valence-electron chi connectivity index (χ1n) is 6.36. The molecule has 0 aliphatic heterocycles. The third-order valence-electron chi connectivity index (χ3n) is 2.92. The highest BCUT2D eigenvalue weighted by Gasteiger charge is 2.22. The van der Waals surface area contributed by atoms with Crippen LogP contribution < -0.4 is 14.8 Å². The summed E-state index contributed by atoms with van der Waals surface area (Å²) in [7, 11) is -0.278. The van der Waals surface area contributed by atoms with Gasteiger partial charge in [-0.1, -0.05) is 6.07 Å². The molecule has 0 radical (unpaired) electrons. The summed E-state index contributed by atoms with van der Waals surface area (Å²) in [6.07, 6.45) is 0. The second kappa shape index (κ2) is 6.46. The Balaban J connectivity index is 2.36. The number of thiophene rings is 1. The van der Waals surface area contributed by atoms with Gasteiger partial charge in [-0.25, -0.2) is 8.42 Å². The number of anilines is 1. The van der Waals surface area contributed by atoms with Gasteiger partial charge in [0, 0.05) is 17.5 Å². The normalized spacial score (nSPS) is 11.4. The van der Waals surface area contributed by atoms with Gasteiger partial charge in [-0.05, 0) is 37.0 Å². The first kappa shape index (κ1) is 15.8. The predicted octanol–water partition coefficient (Wildman–Crippen LogP) is 2.59. The Morgan fingerprint density at radius 1 is 1.33 bits per heavy atom. The molecule has 0 unspecified atom stereocenters. The van der Waals surface area contributed by atoms with Crippen LogP contribution in [0.5, 0.6) is 5.75 Å². The molecule has 1 aromatic heterocycles. The largest absolute Gasteiger partial charge is 0.497 e. The minimum atomic E-state index is -3.61. The van der Waals surface area contributed by atoms with Crippen molar-refractivity contribution in [2.45, 2.75) is 18.4 Å². The maximum Gasteiger partial charge on any atom is 0.263 e. The fourth-order valence-corrected chi connectivity index (χ4v) is 4.90. The third kappa shape index (κ3) is 3.55. The minimum Gasteiger partial charge on any atom is -0.497 e. The summed E-state index contributed by atoms with van der Waals surface area (Å²) in [5.74, 6) is 0.604. The standard InChI is InChI=1S/C14H18N2O3S2/c1-10-9-20-13(8-15-2)14(10)21(17,18)16-11-5-4-6-12(7-11)19-3/h4-7,9,15-16H,8H2,1-3H3. The molecule has 1 heterocycles. The van der Waals surface area contributed by atoms with E-state index in [4.69, 9.17) is 4.74 Å². The molecule has 0 atom stereocenters. The number of hydrogen-bond donors (Lipinski definition) is 2. The van der Waals surface area contributed by atoms with Crippen LogP contribution in [0.25, 0.3) is 0 Å². The molecule has 1 aromatic carbocycles. The van der Waals surface area contributed by atoms with Crippen LogP contribution in [0.3, 0.4) is 0 Å². The highest BCUT2D eigenvalue weighted by Crippen LogP contribution is 2.29. The summed E-state index contributed by atoms with van der Waals surface area (Å²) in [5.41, 5.74) is 1.23. The molecule has 0 saturated carbocycles. The molecule has 0 aliphatic rings. The predicted molar refractivity (Wildman–Crippen MR) is 85.6 cm³/mol. The van der Waals surface area contributed by atoms with E-state index >= 15 is 0 Å². The van der Waals surface area contributed by atoms with Crippen LogP contribution in [-0.4, -0.2) is 22.6 Å². The number of nitrogens with one attached hydrogen (secondary N) is 2. The number of benzene rings is 1. The monoisotopic (exact) mass is 326 g/mol. The lowest BCUT2D eigenvalue weighted by atomic mass is 10.3. The molecule has 0 spiro atoms. The van der Waals surface area contributed by atoms with E-state index in [-0.39, 0.29) is 0 Å². The van der Waals surface area contributed by atoms with E-state index in [1.807, 2.05) is 5.38 Å². The second-order valence-corrected chi connectivity index (χ2v) is 7.12. The first-order valence-corrected chi connectivity index (χ1v) is 8.72. The number of aryl methyl sites for hydroxylation is 1. The zero-order valence-electron chi connectivity index (χ0n) is 12.1. The molecule has 0 amide bonds. The Morgan fingerprint density at radius 3 is 2.76 bits per heavy atom. The maximum absolute atomic E-state index is 12.6. The molecule has 114 valence electrons. The zero-order valence-corrected chi connectivity index (χ0v) is 13.8. The van der Waals surface area contributed by atoms with Gasteiger partial charge < -0.3 is 10.1 Å². The Bertz CT molecular complexity index is 724. The molecule has 0 fully saturated rings. The van der Waals surface area contributed by atoms with Gasteiger partial charge in [-0.2, -0.15) is 0 Å². The highest BCUT2D eigenvalue weighted by atomic mass is 32.2. The lowest BCUT2D eigenvalue weighted by Crippen LogP contribution is -2.16. The lowest BCUT2D eigenvalue weighted by Gasteiger charge is -2.11. The van der Waals surface area contributed by atoms with Crippen molar-refractivity contribution in [2.75, 3.05) is 18.9 Å². The average Bonchev–Trinajstić information content (AvgIpc) is 2.81. The summed E-state index contributed by atoms with van der Waals surface area (Å²) in [6, 6.07) is 6.85.